The quantitative estimate of drug-likeness (QED) is 0.476. The molecular weight excluding hydrogens is 259 g/mol. The van der Waals surface area contributed by atoms with Gasteiger partial charge in [-0.15, -0.1) is 0 Å². The van der Waals surface area contributed by atoms with E-state index < -0.39 is 0 Å². The van der Waals surface area contributed by atoms with Gasteiger partial charge in [-0.05, 0) is 12.1 Å². The number of halogens is 2. The van der Waals surface area contributed by atoms with Gasteiger partial charge in [0.2, 0.25) is 0 Å². The molecule has 0 bridgehead atoms. The molecule has 0 aliphatic rings. The van der Waals surface area contributed by atoms with Gasteiger partial charge in [-0.2, -0.15) is 4.79 Å². The van der Waals surface area contributed by atoms with Crippen molar-refractivity contribution in [3.63, 3.8) is 0 Å². The van der Waals surface area contributed by atoms with E-state index in [1.165, 1.54) is 12.4 Å². The minimum absolute atomic E-state index is 0.282. The largest absolute Gasteiger partial charge is 0.361 e. The highest BCUT2D eigenvalue weighted by atomic mass is 35.5. The van der Waals surface area contributed by atoms with Crippen LogP contribution in [0.1, 0.15) is 11.1 Å². The maximum Gasteiger partial charge on any atom is 0.332 e. The maximum absolute atomic E-state index is 9.11. The highest BCUT2D eigenvalue weighted by molar-refractivity contribution is 6.40. The van der Waals surface area contributed by atoms with Crippen LogP contribution < -0.4 is 0 Å². The Morgan fingerprint density at radius 3 is 2.18 bits per heavy atom. The molecule has 17 heavy (non-hydrogen) atoms. The molecule has 0 aromatic carbocycles. The van der Waals surface area contributed by atoms with E-state index in [2.05, 4.69) is 14.8 Å². The third kappa shape index (κ3) is 2.34. The van der Waals surface area contributed by atoms with Gasteiger partial charge >= 0.3 is 5.71 Å². The summed E-state index contributed by atoms with van der Waals surface area (Å²) in [5.74, 6) is 0. The second-order valence-electron chi connectivity index (χ2n) is 3.16. The van der Waals surface area contributed by atoms with Gasteiger partial charge in [0.15, 0.2) is 0 Å². The summed E-state index contributed by atoms with van der Waals surface area (Å²) in [6.07, 6.45) is 6.05. The third-order valence-corrected chi connectivity index (χ3v) is 2.72. The van der Waals surface area contributed by atoms with E-state index >= 15 is 0 Å². The number of pyridine rings is 2. The van der Waals surface area contributed by atoms with Crippen molar-refractivity contribution < 1.29 is 4.79 Å². The summed E-state index contributed by atoms with van der Waals surface area (Å²) in [6, 6.07) is 3.39. The minimum Gasteiger partial charge on any atom is -0.361 e. The molecule has 84 valence electrons. The molecule has 0 amide bonds. The van der Waals surface area contributed by atoms with Gasteiger partial charge in [0.1, 0.15) is 5.56 Å². The molecule has 2 heterocycles. The van der Waals surface area contributed by atoms with Gasteiger partial charge < -0.3 is 5.53 Å². The topological polar surface area (TPSA) is 62.2 Å². The molecule has 0 fully saturated rings. The number of rotatable bonds is 2. The van der Waals surface area contributed by atoms with Gasteiger partial charge in [0.05, 0.1) is 15.6 Å². The molecule has 2 rings (SSSR count). The van der Waals surface area contributed by atoms with Gasteiger partial charge in [0, 0.05) is 24.8 Å². The summed E-state index contributed by atoms with van der Waals surface area (Å²) in [6.45, 7) is 0. The maximum atomic E-state index is 9.11. The molecule has 0 aliphatic heterocycles. The zero-order valence-electron chi connectivity index (χ0n) is 8.51. The minimum atomic E-state index is 0.282. The van der Waals surface area contributed by atoms with Crippen LogP contribution in [0.4, 0.5) is 0 Å². The van der Waals surface area contributed by atoms with Crippen molar-refractivity contribution in [3.05, 3.63) is 63.6 Å². The van der Waals surface area contributed by atoms with Crippen LogP contribution in [0.2, 0.25) is 10.0 Å². The van der Waals surface area contributed by atoms with Crippen molar-refractivity contribution >= 4 is 28.9 Å². The summed E-state index contributed by atoms with van der Waals surface area (Å²) in [5.41, 5.74) is 10.5. The Kier molecular flexibility index (Phi) is 3.49. The average molecular weight is 265 g/mol. The van der Waals surface area contributed by atoms with Crippen LogP contribution in [0.5, 0.6) is 0 Å². The molecule has 2 aromatic rings. The van der Waals surface area contributed by atoms with Crippen molar-refractivity contribution in [1.82, 2.24) is 9.97 Å². The predicted octanol–water partition coefficient (Wildman–Crippen LogP) is 2.85. The number of nitrogens with zero attached hydrogens (tertiary/aromatic N) is 4. The van der Waals surface area contributed by atoms with Crippen LogP contribution in [0.25, 0.3) is 5.53 Å². The highest BCUT2D eigenvalue weighted by Gasteiger charge is 2.22. The fourth-order valence-electron chi connectivity index (χ4n) is 1.40. The van der Waals surface area contributed by atoms with Crippen LogP contribution in [0.3, 0.4) is 0 Å². The summed E-state index contributed by atoms with van der Waals surface area (Å²) >= 11 is 12.0. The smallest absolute Gasteiger partial charge is 0.332 e. The molecular formula is C11H6Cl2N4. The average Bonchev–Trinajstić information content (AvgIpc) is 2.35. The first-order valence-electron chi connectivity index (χ1n) is 4.66. The molecule has 0 atom stereocenters. The zero-order chi connectivity index (χ0) is 12.3. The summed E-state index contributed by atoms with van der Waals surface area (Å²) in [7, 11) is 0. The van der Waals surface area contributed by atoms with E-state index in [0.717, 1.165) is 0 Å². The number of aromatic nitrogens is 2. The standard InChI is InChI=1S/C11H6Cl2N4/c12-8-5-16-6-9(13)10(8)11(17-14)7-1-3-15-4-2-7/h1-6H. The van der Waals surface area contributed by atoms with Gasteiger partial charge in [-0.25, -0.2) is 0 Å². The molecule has 0 radical (unpaired) electrons. The molecule has 4 nitrogen and oxygen atoms in total. The first-order valence-corrected chi connectivity index (χ1v) is 5.41. The molecule has 0 saturated heterocycles. The van der Waals surface area contributed by atoms with Crippen LogP contribution >= 0.6 is 23.2 Å². The van der Waals surface area contributed by atoms with Crippen LogP contribution in [-0.2, 0) is 0 Å². The lowest BCUT2D eigenvalue weighted by Crippen LogP contribution is -2.06. The number of hydrogen-bond acceptors (Lipinski definition) is 2. The molecule has 6 heteroatoms. The van der Waals surface area contributed by atoms with Crippen LogP contribution in [-0.4, -0.2) is 20.5 Å². The molecule has 2 aromatic heterocycles. The van der Waals surface area contributed by atoms with Crippen LogP contribution in [0, 0.1) is 0 Å². The zero-order valence-corrected chi connectivity index (χ0v) is 10.0. The number of hydrogen-bond donors (Lipinski definition) is 0. The van der Waals surface area contributed by atoms with E-state index in [-0.39, 0.29) is 5.71 Å². The monoisotopic (exact) mass is 264 g/mol. The normalized spacial score (nSPS) is 9.76. The van der Waals surface area contributed by atoms with Crippen molar-refractivity contribution in [2.45, 2.75) is 0 Å². The predicted molar refractivity (Wildman–Crippen MR) is 65.3 cm³/mol. The Balaban J connectivity index is 2.63. The molecule has 0 unspecified atom stereocenters. The van der Waals surface area contributed by atoms with Crippen molar-refractivity contribution in [2.24, 2.45) is 0 Å². The fraction of sp³-hybridized carbons (Fsp3) is 0. The van der Waals surface area contributed by atoms with Gasteiger partial charge in [-0.1, -0.05) is 23.2 Å². The Labute approximate surface area is 107 Å². The van der Waals surface area contributed by atoms with Crippen molar-refractivity contribution in [3.8, 4) is 0 Å². The highest BCUT2D eigenvalue weighted by Crippen LogP contribution is 2.25. The van der Waals surface area contributed by atoms with E-state index in [1.807, 2.05) is 0 Å². The molecule has 0 aliphatic carbocycles. The van der Waals surface area contributed by atoms with Crippen LogP contribution in [0.15, 0.2) is 36.9 Å². The molecule has 0 spiro atoms. The second-order valence-corrected chi connectivity index (χ2v) is 3.98. The summed E-state index contributed by atoms with van der Waals surface area (Å²) in [4.78, 5) is 11.0. The second kappa shape index (κ2) is 5.06. The van der Waals surface area contributed by atoms with Gasteiger partial charge in [-0.3, -0.25) is 9.97 Å². The van der Waals surface area contributed by atoms with Gasteiger partial charge in [0.25, 0.3) is 0 Å². The Morgan fingerprint density at radius 2 is 1.65 bits per heavy atom. The third-order valence-electron chi connectivity index (χ3n) is 2.14. The lowest BCUT2D eigenvalue weighted by molar-refractivity contribution is -0.00278. The van der Waals surface area contributed by atoms with E-state index in [0.29, 0.717) is 21.2 Å². The van der Waals surface area contributed by atoms with Crippen molar-refractivity contribution in [2.75, 3.05) is 0 Å². The molecule has 0 N–H and O–H groups in total. The Morgan fingerprint density at radius 1 is 1.06 bits per heavy atom. The Bertz CT molecular complexity index is 571. The Hall–Kier alpha value is -1.74. The lowest BCUT2D eigenvalue weighted by Gasteiger charge is -2.01. The lowest BCUT2D eigenvalue weighted by atomic mass is 10.1. The SMILES string of the molecule is [N-]=[N+]=C(c1ccncc1)c1c(Cl)cncc1Cl. The fourth-order valence-corrected chi connectivity index (χ4v) is 1.94. The summed E-state index contributed by atoms with van der Waals surface area (Å²) in [5, 5.41) is 0.643. The summed E-state index contributed by atoms with van der Waals surface area (Å²) < 4.78 is 0. The first-order chi connectivity index (χ1) is 8.24. The first kappa shape index (κ1) is 11.7. The van der Waals surface area contributed by atoms with E-state index in [4.69, 9.17) is 28.7 Å². The van der Waals surface area contributed by atoms with E-state index in [9.17, 15) is 0 Å². The van der Waals surface area contributed by atoms with Crippen molar-refractivity contribution in [1.29, 1.82) is 0 Å². The van der Waals surface area contributed by atoms with E-state index in [1.54, 1.807) is 24.5 Å². The molecule has 0 saturated carbocycles.